The third-order valence-corrected chi connectivity index (χ3v) is 5.39. The number of nitrogens with one attached hydrogen (secondary N) is 1. The Morgan fingerprint density at radius 3 is 2.15 bits per heavy atom. The van der Waals surface area contributed by atoms with Crippen molar-refractivity contribution >= 4 is 17.3 Å². The van der Waals surface area contributed by atoms with Crippen LogP contribution in [0, 0.1) is 0 Å². The number of piperazine rings is 1. The van der Waals surface area contributed by atoms with Crippen molar-refractivity contribution in [2.75, 3.05) is 51.2 Å². The molecule has 2 aliphatic heterocycles. The molecule has 34 heavy (non-hydrogen) atoms. The molecular formula is C27H43N3O4. The van der Waals surface area contributed by atoms with Crippen LogP contribution in [-0.2, 0) is 11.3 Å². The number of ether oxygens (including phenoxy) is 3. The summed E-state index contributed by atoms with van der Waals surface area (Å²) in [5.41, 5.74) is 2.99. The minimum Gasteiger partial charge on any atom is -0.497 e. The van der Waals surface area contributed by atoms with Crippen molar-refractivity contribution in [2.24, 2.45) is 0 Å². The molecule has 0 saturated carbocycles. The number of methoxy groups -OCH3 is 3. The van der Waals surface area contributed by atoms with E-state index in [-0.39, 0.29) is 11.9 Å². The summed E-state index contributed by atoms with van der Waals surface area (Å²) in [6.45, 7) is 15.1. The van der Waals surface area contributed by atoms with Crippen LogP contribution in [0.25, 0.3) is 0 Å². The van der Waals surface area contributed by atoms with Gasteiger partial charge < -0.3 is 24.4 Å². The molecule has 2 aromatic carbocycles. The van der Waals surface area contributed by atoms with Gasteiger partial charge in [0.15, 0.2) is 11.5 Å². The second-order valence-electron chi connectivity index (χ2n) is 7.01. The molecule has 1 N–H and O–H groups in total. The average Bonchev–Trinajstić information content (AvgIpc) is 2.92. The Bertz CT molecular complexity index is 888. The molecule has 4 rings (SSSR count). The smallest absolute Gasteiger partial charge is 0.248 e. The zero-order valence-corrected chi connectivity index (χ0v) is 22.4. The van der Waals surface area contributed by atoms with Gasteiger partial charge in [-0.3, -0.25) is 9.69 Å². The minimum absolute atomic E-state index is 0.0367. The van der Waals surface area contributed by atoms with Gasteiger partial charge in [-0.1, -0.05) is 47.6 Å². The minimum atomic E-state index is -0.214. The molecule has 0 aromatic heterocycles. The highest BCUT2D eigenvalue weighted by Gasteiger charge is 2.37. The fourth-order valence-corrected chi connectivity index (χ4v) is 3.93. The first-order chi connectivity index (χ1) is 16.6. The molecular weight excluding hydrogens is 430 g/mol. The van der Waals surface area contributed by atoms with E-state index in [0.717, 1.165) is 48.1 Å². The molecule has 1 saturated heterocycles. The quantitative estimate of drug-likeness (QED) is 0.624. The van der Waals surface area contributed by atoms with Gasteiger partial charge in [-0.15, -0.1) is 0 Å². The number of anilines is 2. The van der Waals surface area contributed by atoms with E-state index in [0.29, 0.717) is 12.3 Å². The Kier molecular flexibility index (Phi) is 12.9. The third-order valence-electron chi connectivity index (χ3n) is 5.39. The van der Waals surface area contributed by atoms with E-state index in [1.54, 1.807) is 21.3 Å². The molecule has 7 heteroatoms. The monoisotopic (exact) mass is 473 g/mol. The molecule has 0 spiro atoms. The van der Waals surface area contributed by atoms with E-state index in [1.165, 1.54) is 0 Å². The fourth-order valence-electron chi connectivity index (χ4n) is 3.93. The van der Waals surface area contributed by atoms with Crippen LogP contribution in [0.4, 0.5) is 11.4 Å². The van der Waals surface area contributed by atoms with Crippen LogP contribution in [0.3, 0.4) is 0 Å². The Labute approximate surface area is 206 Å². The summed E-state index contributed by atoms with van der Waals surface area (Å²) in [7, 11) is 4.92. The van der Waals surface area contributed by atoms with Crippen molar-refractivity contribution in [3.63, 3.8) is 0 Å². The average molecular weight is 474 g/mol. The van der Waals surface area contributed by atoms with Crippen LogP contribution in [0.2, 0.25) is 0 Å². The van der Waals surface area contributed by atoms with Gasteiger partial charge in [0, 0.05) is 32.2 Å². The van der Waals surface area contributed by atoms with Crippen molar-refractivity contribution in [3.8, 4) is 17.2 Å². The summed E-state index contributed by atoms with van der Waals surface area (Å²) in [6, 6.07) is 11.5. The Morgan fingerprint density at radius 1 is 0.853 bits per heavy atom. The maximum Gasteiger partial charge on any atom is 0.248 e. The second-order valence-corrected chi connectivity index (χ2v) is 7.01. The highest BCUT2D eigenvalue weighted by atomic mass is 16.5. The Morgan fingerprint density at radius 2 is 1.53 bits per heavy atom. The number of hydrogen-bond donors (Lipinski definition) is 1. The first kappa shape index (κ1) is 29.1. The molecule has 7 nitrogen and oxygen atoms in total. The van der Waals surface area contributed by atoms with Crippen molar-refractivity contribution < 1.29 is 19.0 Å². The Balaban J connectivity index is 0.000000894. The number of fused-ring (bicyclic) bond motifs is 3. The number of hydrogen-bond acceptors (Lipinski definition) is 6. The normalized spacial score (nSPS) is 16.0. The van der Waals surface area contributed by atoms with Crippen molar-refractivity contribution in [1.82, 2.24) is 4.90 Å². The molecule has 190 valence electrons. The van der Waals surface area contributed by atoms with Crippen LogP contribution in [0.15, 0.2) is 36.4 Å². The van der Waals surface area contributed by atoms with Gasteiger partial charge in [-0.05, 0) is 29.8 Å². The van der Waals surface area contributed by atoms with Gasteiger partial charge >= 0.3 is 0 Å². The number of nitrogens with zero attached hydrogens (tertiary/aromatic N) is 2. The molecule has 1 atom stereocenters. The summed E-state index contributed by atoms with van der Waals surface area (Å²) in [5.74, 6) is 2.26. The summed E-state index contributed by atoms with van der Waals surface area (Å²) in [6.07, 6.45) is 0. The van der Waals surface area contributed by atoms with Gasteiger partial charge in [-0.25, -0.2) is 0 Å². The first-order valence-corrected chi connectivity index (χ1v) is 12.3. The van der Waals surface area contributed by atoms with E-state index in [1.807, 2.05) is 77.9 Å². The van der Waals surface area contributed by atoms with E-state index in [2.05, 4.69) is 15.1 Å². The fraction of sp³-hybridized carbons (Fsp3) is 0.519. The lowest BCUT2D eigenvalue weighted by molar-refractivity contribution is -0.118. The van der Waals surface area contributed by atoms with Crippen LogP contribution in [0.1, 0.15) is 47.1 Å². The topological polar surface area (TPSA) is 63.3 Å². The molecule has 0 radical (unpaired) electrons. The van der Waals surface area contributed by atoms with Gasteiger partial charge in [-0.2, -0.15) is 0 Å². The van der Waals surface area contributed by atoms with Crippen molar-refractivity contribution in [2.45, 2.75) is 54.1 Å². The molecule has 2 heterocycles. The molecule has 1 fully saturated rings. The summed E-state index contributed by atoms with van der Waals surface area (Å²) < 4.78 is 16.1. The highest BCUT2D eigenvalue weighted by molar-refractivity contribution is 6.04. The molecule has 0 aliphatic carbocycles. The lowest BCUT2D eigenvalue weighted by Crippen LogP contribution is -2.59. The maximum atomic E-state index is 12.7. The zero-order valence-electron chi connectivity index (χ0n) is 22.4. The number of rotatable bonds is 5. The predicted octanol–water partition coefficient (Wildman–Crippen LogP) is 5.43. The molecule has 1 amide bonds. The van der Waals surface area contributed by atoms with Gasteiger partial charge in [0.05, 0.1) is 32.7 Å². The van der Waals surface area contributed by atoms with Crippen molar-refractivity contribution in [1.29, 1.82) is 0 Å². The van der Waals surface area contributed by atoms with Crippen LogP contribution < -0.4 is 24.4 Å². The summed E-state index contributed by atoms with van der Waals surface area (Å²) in [5, 5.41) is 3.03. The van der Waals surface area contributed by atoms with Gasteiger partial charge in [0.2, 0.25) is 5.91 Å². The zero-order chi connectivity index (χ0) is 25.7. The number of carbonyl (C=O) groups is 1. The lowest BCUT2D eigenvalue weighted by atomic mass is 10.0. The lowest BCUT2D eigenvalue weighted by Gasteiger charge is -2.45. The summed E-state index contributed by atoms with van der Waals surface area (Å²) in [4.78, 5) is 17.2. The highest BCUT2D eigenvalue weighted by Crippen LogP contribution is 2.37. The largest absolute Gasteiger partial charge is 0.497 e. The van der Waals surface area contributed by atoms with E-state index in [4.69, 9.17) is 14.2 Å². The first-order valence-electron chi connectivity index (χ1n) is 12.3. The van der Waals surface area contributed by atoms with Crippen LogP contribution in [-0.4, -0.2) is 57.8 Å². The molecule has 2 aliphatic rings. The molecule has 0 bridgehead atoms. The number of benzene rings is 2. The van der Waals surface area contributed by atoms with E-state index >= 15 is 0 Å². The van der Waals surface area contributed by atoms with Crippen LogP contribution in [0.5, 0.6) is 17.2 Å². The van der Waals surface area contributed by atoms with Gasteiger partial charge in [0.1, 0.15) is 11.8 Å². The SMILES string of the molecule is CC.CC.CC.COc1ccc2c(c1)N1CCN(Cc3ccc(OC)c(OC)c3)CC1C(=O)N2. The number of amides is 1. The maximum absolute atomic E-state index is 12.7. The third kappa shape index (κ3) is 6.79. The van der Waals surface area contributed by atoms with E-state index < -0.39 is 0 Å². The van der Waals surface area contributed by atoms with Crippen molar-refractivity contribution in [3.05, 3.63) is 42.0 Å². The second kappa shape index (κ2) is 15.1. The predicted molar refractivity (Wildman–Crippen MR) is 142 cm³/mol. The summed E-state index contributed by atoms with van der Waals surface area (Å²) >= 11 is 0. The van der Waals surface area contributed by atoms with E-state index in [9.17, 15) is 4.79 Å². The Hall–Kier alpha value is -2.93. The standard InChI is InChI=1S/C21H25N3O4.3C2H6/c1-26-15-5-6-16-17(11-15)24-9-8-23(13-18(24)21(25)22-16)12-14-4-7-19(27-2)20(10-14)28-3;3*1-2/h4-7,10-11,18H,8-9,12-13H2,1-3H3,(H,22,25);3*1-2H3. The number of carbonyl (C=O) groups excluding carboxylic acids is 1. The van der Waals surface area contributed by atoms with Gasteiger partial charge in [0.25, 0.3) is 0 Å². The molecule has 1 unspecified atom stereocenters. The van der Waals surface area contributed by atoms with Crippen LogP contribution >= 0.6 is 0 Å². The molecule has 2 aromatic rings.